The number of nitrogens with zero attached hydrogens (tertiary/aromatic N) is 1. The average Bonchev–Trinajstić information content (AvgIpc) is 2.99. The van der Waals surface area contributed by atoms with Gasteiger partial charge in [-0.3, -0.25) is 4.79 Å². The summed E-state index contributed by atoms with van der Waals surface area (Å²) in [6.45, 7) is 0. The Kier molecular flexibility index (Phi) is 3.52. The first kappa shape index (κ1) is 13.0. The van der Waals surface area contributed by atoms with Crippen molar-refractivity contribution in [2.45, 2.75) is 69.7 Å². The first-order valence-electron chi connectivity index (χ1n) is 7.96. The molecule has 0 aliphatic heterocycles. The van der Waals surface area contributed by atoms with E-state index in [4.69, 9.17) is 0 Å². The topological polar surface area (TPSA) is 52.9 Å². The molecule has 0 aromatic carbocycles. The van der Waals surface area contributed by atoms with Crippen LogP contribution in [0.4, 0.5) is 0 Å². The van der Waals surface area contributed by atoms with Crippen LogP contribution in [-0.4, -0.2) is 11.4 Å². The van der Waals surface area contributed by atoms with Gasteiger partial charge in [0.1, 0.15) is 5.54 Å². The summed E-state index contributed by atoms with van der Waals surface area (Å²) in [5.41, 5.74) is -0.565. The van der Waals surface area contributed by atoms with Crippen LogP contribution in [0.2, 0.25) is 0 Å². The standard InChI is InChI=1S/C16H24N2O/c17-11-16(6-4-2-1-3-5-7-16)18-15(19)14-9-12-8-13(12)10-14/h12-14H,1-10H2,(H,18,19). The molecule has 0 heterocycles. The van der Waals surface area contributed by atoms with Crippen LogP contribution in [0.25, 0.3) is 0 Å². The van der Waals surface area contributed by atoms with Crippen molar-refractivity contribution >= 4 is 5.91 Å². The predicted molar refractivity (Wildman–Crippen MR) is 73.1 cm³/mol. The van der Waals surface area contributed by atoms with E-state index >= 15 is 0 Å². The summed E-state index contributed by atoms with van der Waals surface area (Å²) < 4.78 is 0. The Labute approximate surface area is 115 Å². The molecule has 0 aromatic rings. The van der Waals surface area contributed by atoms with E-state index in [0.29, 0.717) is 0 Å². The van der Waals surface area contributed by atoms with Crippen LogP contribution in [0.5, 0.6) is 0 Å². The molecule has 0 radical (unpaired) electrons. The minimum Gasteiger partial charge on any atom is -0.338 e. The lowest BCUT2D eigenvalue weighted by atomic mass is 9.84. The Morgan fingerprint density at radius 1 is 1.00 bits per heavy atom. The second-order valence-electron chi connectivity index (χ2n) is 6.88. The summed E-state index contributed by atoms with van der Waals surface area (Å²) in [5, 5.41) is 12.7. The van der Waals surface area contributed by atoms with E-state index in [1.807, 2.05) is 0 Å². The number of amides is 1. The number of fused-ring (bicyclic) bond motifs is 1. The van der Waals surface area contributed by atoms with E-state index in [9.17, 15) is 10.1 Å². The highest BCUT2D eigenvalue weighted by atomic mass is 16.2. The third-order valence-electron chi connectivity index (χ3n) is 5.40. The van der Waals surface area contributed by atoms with Gasteiger partial charge in [-0.1, -0.05) is 32.1 Å². The van der Waals surface area contributed by atoms with Crippen molar-refractivity contribution in [1.82, 2.24) is 5.32 Å². The van der Waals surface area contributed by atoms with E-state index in [-0.39, 0.29) is 11.8 Å². The molecule has 0 spiro atoms. The van der Waals surface area contributed by atoms with Gasteiger partial charge in [0.15, 0.2) is 0 Å². The fourth-order valence-corrected chi connectivity index (χ4v) is 4.04. The van der Waals surface area contributed by atoms with Crippen molar-refractivity contribution in [2.24, 2.45) is 17.8 Å². The fraction of sp³-hybridized carbons (Fsp3) is 0.875. The van der Waals surface area contributed by atoms with Crippen molar-refractivity contribution in [2.75, 3.05) is 0 Å². The highest BCUT2D eigenvalue weighted by Crippen LogP contribution is 2.54. The van der Waals surface area contributed by atoms with Gasteiger partial charge in [-0.15, -0.1) is 0 Å². The summed E-state index contributed by atoms with van der Waals surface area (Å²) >= 11 is 0. The van der Waals surface area contributed by atoms with Gasteiger partial charge in [0.05, 0.1) is 6.07 Å². The van der Waals surface area contributed by atoms with Crippen LogP contribution in [0, 0.1) is 29.1 Å². The summed E-state index contributed by atoms with van der Waals surface area (Å²) in [6.07, 6.45) is 11.0. The van der Waals surface area contributed by atoms with Gasteiger partial charge in [0.2, 0.25) is 5.91 Å². The molecule has 3 saturated carbocycles. The number of nitrogens with one attached hydrogen (secondary N) is 1. The largest absolute Gasteiger partial charge is 0.338 e. The van der Waals surface area contributed by atoms with Crippen molar-refractivity contribution in [3.63, 3.8) is 0 Å². The van der Waals surface area contributed by atoms with E-state index < -0.39 is 5.54 Å². The van der Waals surface area contributed by atoms with Crippen LogP contribution in [0.3, 0.4) is 0 Å². The minimum atomic E-state index is -0.565. The normalized spacial score (nSPS) is 36.5. The van der Waals surface area contributed by atoms with Gasteiger partial charge in [0.25, 0.3) is 0 Å². The lowest BCUT2D eigenvalue weighted by Crippen LogP contribution is -2.49. The quantitative estimate of drug-likeness (QED) is 0.829. The number of nitriles is 1. The summed E-state index contributed by atoms with van der Waals surface area (Å²) in [5.74, 6) is 2.01. The Morgan fingerprint density at radius 2 is 1.58 bits per heavy atom. The first-order valence-corrected chi connectivity index (χ1v) is 7.96. The van der Waals surface area contributed by atoms with Crippen molar-refractivity contribution in [3.05, 3.63) is 0 Å². The molecule has 19 heavy (non-hydrogen) atoms. The maximum atomic E-state index is 12.4. The van der Waals surface area contributed by atoms with Gasteiger partial charge < -0.3 is 5.32 Å². The highest BCUT2D eigenvalue weighted by molar-refractivity contribution is 5.80. The molecule has 3 rings (SSSR count). The van der Waals surface area contributed by atoms with Gasteiger partial charge in [-0.05, 0) is 43.9 Å². The molecule has 3 aliphatic rings. The Balaban J connectivity index is 1.60. The lowest BCUT2D eigenvalue weighted by molar-refractivity contribution is -0.126. The van der Waals surface area contributed by atoms with E-state index in [1.165, 1.54) is 25.7 Å². The fourth-order valence-electron chi connectivity index (χ4n) is 4.04. The molecule has 104 valence electrons. The third kappa shape index (κ3) is 2.78. The molecule has 0 bridgehead atoms. The van der Waals surface area contributed by atoms with E-state index in [2.05, 4.69) is 11.4 Å². The van der Waals surface area contributed by atoms with Gasteiger partial charge >= 0.3 is 0 Å². The zero-order valence-electron chi connectivity index (χ0n) is 11.7. The smallest absolute Gasteiger partial charge is 0.224 e. The zero-order chi connectivity index (χ0) is 13.3. The van der Waals surface area contributed by atoms with Crippen LogP contribution >= 0.6 is 0 Å². The molecule has 0 aromatic heterocycles. The third-order valence-corrected chi connectivity index (χ3v) is 5.40. The maximum absolute atomic E-state index is 12.4. The summed E-state index contributed by atoms with van der Waals surface area (Å²) in [4.78, 5) is 12.4. The Hall–Kier alpha value is -1.04. The van der Waals surface area contributed by atoms with E-state index in [0.717, 1.165) is 50.4 Å². The molecule has 3 nitrogen and oxygen atoms in total. The zero-order valence-corrected chi connectivity index (χ0v) is 11.7. The number of rotatable bonds is 2. The molecule has 1 N–H and O–H groups in total. The second kappa shape index (κ2) is 5.15. The molecular formula is C16H24N2O. The van der Waals surface area contributed by atoms with Gasteiger partial charge in [-0.2, -0.15) is 5.26 Å². The van der Waals surface area contributed by atoms with Crippen LogP contribution < -0.4 is 5.32 Å². The van der Waals surface area contributed by atoms with Crippen LogP contribution in [0.1, 0.15) is 64.2 Å². The summed E-state index contributed by atoms with van der Waals surface area (Å²) in [7, 11) is 0. The van der Waals surface area contributed by atoms with Crippen LogP contribution in [-0.2, 0) is 4.79 Å². The van der Waals surface area contributed by atoms with Gasteiger partial charge in [-0.25, -0.2) is 0 Å². The molecule has 1 amide bonds. The first-order chi connectivity index (χ1) is 9.22. The lowest BCUT2D eigenvalue weighted by Gasteiger charge is -2.31. The molecule has 3 heteroatoms. The minimum absolute atomic E-state index is 0.161. The van der Waals surface area contributed by atoms with E-state index in [1.54, 1.807) is 0 Å². The monoisotopic (exact) mass is 260 g/mol. The number of hydrogen-bond donors (Lipinski definition) is 1. The molecular weight excluding hydrogens is 236 g/mol. The molecule has 2 unspecified atom stereocenters. The van der Waals surface area contributed by atoms with Gasteiger partial charge in [0, 0.05) is 5.92 Å². The molecule has 3 fully saturated rings. The predicted octanol–water partition coefficient (Wildman–Crippen LogP) is 3.16. The molecule has 0 saturated heterocycles. The highest BCUT2D eigenvalue weighted by Gasteiger charge is 2.49. The molecule has 2 atom stereocenters. The SMILES string of the molecule is N#CC1(NC(=O)C2CC3CC3C2)CCCCCCC1. The van der Waals surface area contributed by atoms with Crippen LogP contribution in [0.15, 0.2) is 0 Å². The maximum Gasteiger partial charge on any atom is 0.224 e. The Bertz CT molecular complexity index is 380. The number of carbonyl (C=O) groups excluding carboxylic acids is 1. The average molecular weight is 260 g/mol. The van der Waals surface area contributed by atoms with Crippen molar-refractivity contribution in [1.29, 1.82) is 5.26 Å². The summed E-state index contributed by atoms with van der Waals surface area (Å²) in [6, 6.07) is 2.43. The second-order valence-corrected chi connectivity index (χ2v) is 6.88. The molecule has 3 aliphatic carbocycles. The number of carbonyl (C=O) groups is 1. The number of hydrogen-bond acceptors (Lipinski definition) is 2. The van der Waals surface area contributed by atoms with Crippen molar-refractivity contribution < 1.29 is 4.79 Å². The van der Waals surface area contributed by atoms with Crippen molar-refractivity contribution in [3.8, 4) is 6.07 Å². The Morgan fingerprint density at radius 3 is 2.16 bits per heavy atom.